The summed E-state index contributed by atoms with van der Waals surface area (Å²) >= 11 is 0. The van der Waals surface area contributed by atoms with Crippen molar-refractivity contribution in [2.45, 2.75) is 44.2 Å². The Balaban J connectivity index is 1.36. The maximum atomic E-state index is 14.1. The summed E-state index contributed by atoms with van der Waals surface area (Å²) < 4.78 is 32.9. The van der Waals surface area contributed by atoms with E-state index < -0.39 is 11.6 Å². The average Bonchev–Trinajstić information content (AvgIpc) is 3.13. The van der Waals surface area contributed by atoms with Crippen LogP contribution in [0.25, 0.3) is 0 Å². The molecule has 2 aromatic carbocycles. The second-order valence-electron chi connectivity index (χ2n) is 7.98. The Bertz CT molecular complexity index is 764. The van der Waals surface area contributed by atoms with Crippen molar-refractivity contribution in [2.24, 2.45) is 5.92 Å². The van der Waals surface area contributed by atoms with E-state index in [4.69, 9.17) is 4.74 Å². The summed E-state index contributed by atoms with van der Waals surface area (Å²) in [4.78, 5) is 2.51. The van der Waals surface area contributed by atoms with E-state index in [0.717, 1.165) is 25.5 Å². The third kappa shape index (κ3) is 4.07. The van der Waals surface area contributed by atoms with Gasteiger partial charge in [0.25, 0.3) is 0 Å². The molecule has 1 saturated carbocycles. The Kier molecular flexibility index (Phi) is 5.55. The number of halogens is 2. The zero-order valence-electron chi connectivity index (χ0n) is 15.8. The molecule has 0 bridgehead atoms. The first-order valence-corrected chi connectivity index (χ1v) is 9.93. The molecule has 2 aromatic rings. The molecule has 0 N–H and O–H groups in total. The third-order valence-electron chi connectivity index (χ3n) is 6.18. The van der Waals surface area contributed by atoms with Gasteiger partial charge >= 0.3 is 0 Å². The van der Waals surface area contributed by atoms with Crippen LogP contribution in [-0.2, 0) is 11.3 Å². The molecule has 0 amide bonds. The van der Waals surface area contributed by atoms with E-state index in [0.29, 0.717) is 11.5 Å². The standard InChI is InChI=1S/C23H27F2NO/c1-27-23(21-9-8-20(24)14-22(21)25)19-12-18(13-19)17-6-4-16(5-7-17)15-26-10-2-3-11-26/h4-9,14,18-19,23H,2-3,10-13,15H2,1H3. The van der Waals surface area contributed by atoms with Crippen molar-refractivity contribution in [1.82, 2.24) is 4.90 Å². The van der Waals surface area contributed by atoms with Crippen molar-refractivity contribution < 1.29 is 13.5 Å². The highest BCUT2D eigenvalue weighted by Crippen LogP contribution is 2.49. The van der Waals surface area contributed by atoms with Gasteiger partial charge in [-0.1, -0.05) is 30.3 Å². The summed E-state index contributed by atoms with van der Waals surface area (Å²) in [6.45, 7) is 3.47. The lowest BCUT2D eigenvalue weighted by atomic mass is 9.68. The van der Waals surface area contributed by atoms with Crippen molar-refractivity contribution in [3.8, 4) is 0 Å². The fourth-order valence-corrected chi connectivity index (χ4v) is 4.58. The van der Waals surface area contributed by atoms with Crippen LogP contribution < -0.4 is 0 Å². The van der Waals surface area contributed by atoms with E-state index in [1.165, 1.54) is 49.2 Å². The van der Waals surface area contributed by atoms with Crippen molar-refractivity contribution >= 4 is 0 Å². The molecule has 1 atom stereocenters. The summed E-state index contributed by atoms with van der Waals surface area (Å²) in [7, 11) is 1.61. The van der Waals surface area contributed by atoms with Gasteiger partial charge in [0.15, 0.2) is 0 Å². The highest BCUT2D eigenvalue weighted by molar-refractivity contribution is 5.29. The van der Waals surface area contributed by atoms with Crippen LogP contribution in [0.15, 0.2) is 42.5 Å². The normalized spacial score (nSPS) is 24.0. The predicted octanol–water partition coefficient (Wildman–Crippen LogP) is 5.44. The summed E-state index contributed by atoms with van der Waals surface area (Å²) in [5.74, 6) is -0.301. The number of ether oxygens (including phenoxy) is 1. The molecular weight excluding hydrogens is 344 g/mol. The van der Waals surface area contributed by atoms with Crippen LogP contribution in [0.4, 0.5) is 8.78 Å². The summed E-state index contributed by atoms with van der Waals surface area (Å²) in [6, 6.07) is 12.7. The number of benzene rings is 2. The Morgan fingerprint density at radius 2 is 1.74 bits per heavy atom. The minimum absolute atomic E-state index is 0.268. The molecular formula is C23H27F2NO. The van der Waals surface area contributed by atoms with Gasteiger partial charge in [0.2, 0.25) is 0 Å². The molecule has 144 valence electrons. The quantitative estimate of drug-likeness (QED) is 0.670. The molecule has 2 aliphatic rings. The third-order valence-corrected chi connectivity index (χ3v) is 6.18. The van der Waals surface area contributed by atoms with Gasteiger partial charge in [-0.05, 0) is 67.8 Å². The Hall–Kier alpha value is -1.78. The molecule has 0 radical (unpaired) electrons. The van der Waals surface area contributed by atoms with Crippen LogP contribution in [0.3, 0.4) is 0 Å². The van der Waals surface area contributed by atoms with Gasteiger partial charge < -0.3 is 4.74 Å². The largest absolute Gasteiger partial charge is 0.376 e. The molecule has 1 aliphatic heterocycles. The molecule has 0 aromatic heterocycles. The lowest BCUT2D eigenvalue weighted by molar-refractivity contribution is 0.00617. The van der Waals surface area contributed by atoms with Crippen molar-refractivity contribution in [2.75, 3.05) is 20.2 Å². The zero-order valence-corrected chi connectivity index (χ0v) is 15.8. The smallest absolute Gasteiger partial charge is 0.131 e. The number of hydrogen-bond acceptors (Lipinski definition) is 2. The SMILES string of the molecule is COC(c1ccc(F)cc1F)C1CC(c2ccc(CN3CCCC3)cc2)C1. The van der Waals surface area contributed by atoms with E-state index >= 15 is 0 Å². The van der Waals surface area contributed by atoms with E-state index in [9.17, 15) is 8.78 Å². The molecule has 2 fully saturated rings. The molecule has 4 rings (SSSR count). The first-order valence-electron chi connectivity index (χ1n) is 9.93. The van der Waals surface area contributed by atoms with Crippen LogP contribution in [-0.4, -0.2) is 25.1 Å². The zero-order chi connectivity index (χ0) is 18.8. The summed E-state index contributed by atoms with van der Waals surface area (Å²) in [6.07, 6.45) is 4.27. The number of hydrogen-bond donors (Lipinski definition) is 0. The van der Waals surface area contributed by atoms with Gasteiger partial charge in [0, 0.05) is 25.3 Å². The predicted molar refractivity (Wildman–Crippen MR) is 103 cm³/mol. The highest BCUT2D eigenvalue weighted by Gasteiger charge is 2.37. The molecule has 27 heavy (non-hydrogen) atoms. The lowest BCUT2D eigenvalue weighted by Gasteiger charge is -2.40. The average molecular weight is 371 g/mol. The second kappa shape index (κ2) is 8.07. The first-order chi connectivity index (χ1) is 13.1. The molecule has 0 spiro atoms. The highest BCUT2D eigenvalue weighted by atomic mass is 19.1. The van der Waals surface area contributed by atoms with Gasteiger partial charge in [0.05, 0.1) is 6.10 Å². The van der Waals surface area contributed by atoms with Crippen molar-refractivity contribution in [3.05, 3.63) is 70.8 Å². The summed E-state index contributed by atoms with van der Waals surface area (Å²) in [5, 5.41) is 0. The van der Waals surface area contributed by atoms with Gasteiger partial charge in [-0.2, -0.15) is 0 Å². The van der Waals surface area contributed by atoms with Crippen LogP contribution >= 0.6 is 0 Å². The Labute approximate surface area is 160 Å². The van der Waals surface area contributed by atoms with E-state index in [-0.39, 0.29) is 12.0 Å². The van der Waals surface area contributed by atoms with Crippen LogP contribution in [0.5, 0.6) is 0 Å². The molecule has 1 unspecified atom stereocenters. The molecule has 1 heterocycles. The number of likely N-dealkylation sites (tertiary alicyclic amines) is 1. The van der Waals surface area contributed by atoms with Crippen LogP contribution in [0.1, 0.15) is 54.4 Å². The van der Waals surface area contributed by atoms with Gasteiger partial charge in [-0.3, -0.25) is 4.90 Å². The molecule has 1 aliphatic carbocycles. The van der Waals surface area contributed by atoms with E-state index in [2.05, 4.69) is 29.2 Å². The number of methoxy groups -OCH3 is 1. The maximum Gasteiger partial charge on any atom is 0.131 e. The topological polar surface area (TPSA) is 12.5 Å². The lowest BCUT2D eigenvalue weighted by Crippen LogP contribution is -2.29. The van der Waals surface area contributed by atoms with E-state index in [1.54, 1.807) is 7.11 Å². The first kappa shape index (κ1) is 18.6. The fourth-order valence-electron chi connectivity index (χ4n) is 4.58. The minimum Gasteiger partial charge on any atom is -0.376 e. The number of nitrogens with zero attached hydrogens (tertiary/aromatic N) is 1. The monoisotopic (exact) mass is 371 g/mol. The molecule has 4 heteroatoms. The Morgan fingerprint density at radius 3 is 2.37 bits per heavy atom. The Morgan fingerprint density at radius 1 is 1.04 bits per heavy atom. The fraction of sp³-hybridized carbons (Fsp3) is 0.478. The van der Waals surface area contributed by atoms with Crippen LogP contribution in [0, 0.1) is 17.6 Å². The van der Waals surface area contributed by atoms with Crippen molar-refractivity contribution in [3.63, 3.8) is 0 Å². The summed E-state index contributed by atoms with van der Waals surface area (Å²) in [5.41, 5.74) is 3.19. The molecule has 2 nitrogen and oxygen atoms in total. The minimum atomic E-state index is -0.549. The maximum absolute atomic E-state index is 14.1. The van der Waals surface area contributed by atoms with Gasteiger partial charge in [0.1, 0.15) is 11.6 Å². The van der Waals surface area contributed by atoms with Gasteiger partial charge in [-0.25, -0.2) is 8.78 Å². The molecule has 1 saturated heterocycles. The van der Waals surface area contributed by atoms with Crippen molar-refractivity contribution in [1.29, 1.82) is 0 Å². The van der Waals surface area contributed by atoms with Crippen LogP contribution in [0.2, 0.25) is 0 Å². The number of rotatable bonds is 6. The van der Waals surface area contributed by atoms with Gasteiger partial charge in [-0.15, -0.1) is 0 Å². The second-order valence-corrected chi connectivity index (χ2v) is 7.98. The van der Waals surface area contributed by atoms with E-state index in [1.807, 2.05) is 0 Å².